The molecule has 0 atom stereocenters. The summed E-state index contributed by atoms with van der Waals surface area (Å²) >= 11 is 0. The minimum Gasteiger partial charge on any atom is -0.308 e. The van der Waals surface area contributed by atoms with Crippen LogP contribution in [-0.2, 0) is 0 Å². The van der Waals surface area contributed by atoms with E-state index >= 15 is 0 Å². The third-order valence-electron chi connectivity index (χ3n) is 10.8. The quantitative estimate of drug-likeness (QED) is 0.142. The Morgan fingerprint density at radius 3 is 1.48 bits per heavy atom. The molecule has 0 amide bonds. The second kappa shape index (κ2) is 14.4. The lowest BCUT2D eigenvalue weighted by molar-refractivity contribution is 1.17. The van der Waals surface area contributed by atoms with Crippen molar-refractivity contribution in [2.24, 2.45) is 0 Å². The molecular formula is C54H38N2. The van der Waals surface area contributed by atoms with E-state index in [-0.39, 0.29) is 0 Å². The van der Waals surface area contributed by atoms with E-state index in [1.165, 1.54) is 49.3 Å². The Morgan fingerprint density at radius 2 is 0.804 bits per heavy atom. The van der Waals surface area contributed by atoms with Crippen molar-refractivity contribution in [1.82, 2.24) is 4.57 Å². The van der Waals surface area contributed by atoms with Gasteiger partial charge in [0.05, 0.1) is 22.4 Å². The van der Waals surface area contributed by atoms with Gasteiger partial charge in [0.2, 0.25) is 0 Å². The van der Waals surface area contributed by atoms with E-state index < -0.39 is 0 Å². The summed E-state index contributed by atoms with van der Waals surface area (Å²) in [5.74, 6) is 0. The number of para-hydroxylation sites is 3. The normalized spacial score (nSPS) is 11.2. The second-order valence-electron chi connectivity index (χ2n) is 14.1. The van der Waals surface area contributed by atoms with E-state index in [1.54, 1.807) is 0 Å². The molecule has 0 bridgehead atoms. The lowest BCUT2D eigenvalue weighted by Gasteiger charge is -2.29. The maximum atomic E-state index is 2.47. The van der Waals surface area contributed by atoms with Crippen LogP contribution in [0.15, 0.2) is 231 Å². The average molecular weight is 715 g/mol. The number of aromatic nitrogens is 1. The first-order chi connectivity index (χ1) is 27.8. The van der Waals surface area contributed by atoms with Crippen LogP contribution in [0.3, 0.4) is 0 Å². The van der Waals surface area contributed by atoms with E-state index in [0.29, 0.717) is 0 Å². The summed E-state index contributed by atoms with van der Waals surface area (Å²) < 4.78 is 2.43. The molecule has 1 heterocycles. The Balaban J connectivity index is 1.30. The van der Waals surface area contributed by atoms with Gasteiger partial charge in [0.25, 0.3) is 0 Å². The first-order valence-electron chi connectivity index (χ1n) is 19.2. The maximum Gasteiger partial charge on any atom is 0.0782 e. The molecule has 0 saturated carbocycles. The number of rotatable bonds is 8. The SMILES string of the molecule is c1ccc(C(=C(c2ccccc2)c2cccc(N(c3cccc4ccccc34)c3cccc4c5ccccc5n(-c5ccccc5)c34)c2)c2ccccc2)cc1. The van der Waals surface area contributed by atoms with Gasteiger partial charge >= 0.3 is 0 Å². The van der Waals surface area contributed by atoms with Gasteiger partial charge in [-0.25, -0.2) is 0 Å². The first kappa shape index (κ1) is 33.2. The van der Waals surface area contributed by atoms with Gasteiger partial charge in [-0.1, -0.05) is 188 Å². The van der Waals surface area contributed by atoms with Crippen LogP contribution in [0.2, 0.25) is 0 Å². The smallest absolute Gasteiger partial charge is 0.0782 e. The van der Waals surface area contributed by atoms with Crippen LogP contribution < -0.4 is 4.90 Å². The summed E-state index contributed by atoms with van der Waals surface area (Å²) in [6.45, 7) is 0. The number of anilines is 3. The molecule has 56 heavy (non-hydrogen) atoms. The number of benzene rings is 9. The predicted molar refractivity (Wildman–Crippen MR) is 237 cm³/mol. The minimum absolute atomic E-state index is 1.07. The zero-order valence-electron chi connectivity index (χ0n) is 30.8. The monoisotopic (exact) mass is 714 g/mol. The average Bonchev–Trinajstić information content (AvgIpc) is 3.62. The molecular weight excluding hydrogens is 677 g/mol. The molecule has 0 spiro atoms. The molecule has 0 radical (unpaired) electrons. The number of nitrogens with zero attached hydrogens (tertiary/aromatic N) is 2. The molecule has 2 heteroatoms. The molecule has 0 unspecified atom stereocenters. The van der Waals surface area contributed by atoms with Crippen LogP contribution in [0.5, 0.6) is 0 Å². The first-order valence-corrected chi connectivity index (χ1v) is 19.2. The molecule has 9 aromatic carbocycles. The lowest BCUT2D eigenvalue weighted by Crippen LogP contribution is -2.12. The summed E-state index contributed by atoms with van der Waals surface area (Å²) in [5.41, 5.74) is 13.8. The molecule has 0 aliphatic carbocycles. The summed E-state index contributed by atoms with van der Waals surface area (Å²) in [6.07, 6.45) is 0. The van der Waals surface area contributed by atoms with Crippen molar-refractivity contribution >= 4 is 60.8 Å². The summed E-state index contributed by atoms with van der Waals surface area (Å²) in [7, 11) is 0. The van der Waals surface area contributed by atoms with E-state index in [0.717, 1.165) is 39.4 Å². The molecule has 0 saturated heterocycles. The van der Waals surface area contributed by atoms with Crippen molar-refractivity contribution in [3.05, 3.63) is 253 Å². The van der Waals surface area contributed by atoms with Crippen molar-refractivity contribution in [1.29, 1.82) is 0 Å². The van der Waals surface area contributed by atoms with Gasteiger partial charge in [0, 0.05) is 27.5 Å². The summed E-state index contributed by atoms with van der Waals surface area (Å²) in [4.78, 5) is 2.47. The van der Waals surface area contributed by atoms with Crippen molar-refractivity contribution < 1.29 is 0 Å². The maximum absolute atomic E-state index is 2.47. The van der Waals surface area contributed by atoms with Crippen LogP contribution in [-0.4, -0.2) is 4.57 Å². The van der Waals surface area contributed by atoms with Crippen LogP contribution in [0.4, 0.5) is 17.1 Å². The number of fused-ring (bicyclic) bond motifs is 4. The molecule has 264 valence electrons. The molecule has 2 nitrogen and oxygen atoms in total. The predicted octanol–water partition coefficient (Wildman–Crippen LogP) is 14.4. The molecule has 0 aliphatic heterocycles. The largest absolute Gasteiger partial charge is 0.308 e. The lowest BCUT2D eigenvalue weighted by atomic mass is 9.85. The van der Waals surface area contributed by atoms with E-state index in [1.807, 2.05) is 0 Å². The second-order valence-corrected chi connectivity index (χ2v) is 14.1. The van der Waals surface area contributed by atoms with Crippen molar-refractivity contribution in [3.63, 3.8) is 0 Å². The fourth-order valence-electron chi connectivity index (χ4n) is 8.36. The highest BCUT2D eigenvalue weighted by Crippen LogP contribution is 2.46. The molecule has 1 aromatic heterocycles. The van der Waals surface area contributed by atoms with Crippen molar-refractivity contribution in [2.45, 2.75) is 0 Å². The summed E-state index contributed by atoms with van der Waals surface area (Å²) in [6, 6.07) is 83.2. The molecule has 0 N–H and O–H groups in total. The van der Waals surface area contributed by atoms with E-state index in [9.17, 15) is 0 Å². The van der Waals surface area contributed by atoms with Crippen molar-refractivity contribution in [2.75, 3.05) is 4.90 Å². The van der Waals surface area contributed by atoms with Gasteiger partial charge in [-0.2, -0.15) is 0 Å². The summed E-state index contributed by atoms with van der Waals surface area (Å²) in [5, 5.41) is 4.82. The fraction of sp³-hybridized carbons (Fsp3) is 0. The highest BCUT2D eigenvalue weighted by atomic mass is 15.2. The Bertz CT molecular complexity index is 2950. The van der Waals surface area contributed by atoms with Crippen LogP contribution in [0.1, 0.15) is 22.3 Å². The highest BCUT2D eigenvalue weighted by molar-refractivity contribution is 6.15. The standard InChI is InChI=1S/C54H38N2/c1-5-21-40(22-6-1)52(41-23-7-2-8-24-41)53(42-25-9-3-10-26-42)43-28-17-31-45(38-43)55(49-36-18-27-39-20-13-14-32-46(39)49)51-37-19-34-48-47-33-15-16-35-50(47)56(54(48)51)44-29-11-4-12-30-44/h1-38H. The van der Waals surface area contributed by atoms with Crippen LogP contribution in [0.25, 0.3) is 49.4 Å². The third-order valence-corrected chi connectivity index (χ3v) is 10.8. The topological polar surface area (TPSA) is 8.17 Å². The van der Waals surface area contributed by atoms with Gasteiger partial charge in [-0.15, -0.1) is 0 Å². The Labute approximate surface area is 327 Å². The van der Waals surface area contributed by atoms with E-state index in [4.69, 9.17) is 0 Å². The zero-order chi connectivity index (χ0) is 37.3. The van der Waals surface area contributed by atoms with Crippen LogP contribution >= 0.6 is 0 Å². The molecule has 10 rings (SSSR count). The van der Waals surface area contributed by atoms with Crippen LogP contribution in [0, 0.1) is 0 Å². The van der Waals surface area contributed by atoms with Gasteiger partial charge in [-0.05, 0) is 81.3 Å². The Morgan fingerprint density at radius 1 is 0.339 bits per heavy atom. The highest BCUT2D eigenvalue weighted by Gasteiger charge is 2.24. The molecule has 10 aromatic rings. The minimum atomic E-state index is 1.07. The fourth-order valence-corrected chi connectivity index (χ4v) is 8.36. The molecule has 0 aliphatic rings. The van der Waals surface area contributed by atoms with Crippen molar-refractivity contribution in [3.8, 4) is 5.69 Å². The van der Waals surface area contributed by atoms with Gasteiger partial charge in [0.15, 0.2) is 0 Å². The Kier molecular flexibility index (Phi) is 8.55. The third kappa shape index (κ3) is 5.85. The van der Waals surface area contributed by atoms with E-state index in [2.05, 4.69) is 240 Å². The number of hydrogen-bond donors (Lipinski definition) is 0. The van der Waals surface area contributed by atoms with Gasteiger partial charge < -0.3 is 9.47 Å². The Hall–Kier alpha value is -7.42. The van der Waals surface area contributed by atoms with Gasteiger partial charge in [0.1, 0.15) is 0 Å². The molecule has 0 fully saturated rings. The zero-order valence-corrected chi connectivity index (χ0v) is 30.8. The number of hydrogen-bond acceptors (Lipinski definition) is 1. The van der Waals surface area contributed by atoms with Gasteiger partial charge in [-0.3, -0.25) is 0 Å².